The summed E-state index contributed by atoms with van der Waals surface area (Å²) in [6, 6.07) is 25.5. The standard InChI is InChI=1S/C33H30N6O4S2/c1-33(2,19-11-13-25(27(40)15-19)34-29(42)17-44-31-36-21-7-3-4-8-22(21)37-31)20-12-14-26(28(41)16-20)35-30(43)18-45-32-38-23-9-5-6-10-24(23)39-32/h3-16,40-41H,17-18H2,1-2H3,(H,34,42)(H,35,43)(H,36,37)(H,38,39). The molecule has 6 aromatic rings. The number of nitrogens with one attached hydrogen (secondary N) is 4. The molecule has 0 saturated heterocycles. The van der Waals surface area contributed by atoms with E-state index in [1.54, 1.807) is 24.3 Å². The number of fused-ring (bicyclic) bond motifs is 2. The highest BCUT2D eigenvalue weighted by Gasteiger charge is 2.26. The summed E-state index contributed by atoms with van der Waals surface area (Å²) < 4.78 is 0. The third-order valence-electron chi connectivity index (χ3n) is 7.40. The van der Waals surface area contributed by atoms with Gasteiger partial charge in [-0.3, -0.25) is 9.59 Å². The van der Waals surface area contributed by atoms with Crippen LogP contribution in [-0.4, -0.2) is 53.5 Å². The molecule has 2 aromatic heterocycles. The first-order valence-electron chi connectivity index (χ1n) is 14.1. The maximum atomic E-state index is 12.6. The summed E-state index contributed by atoms with van der Waals surface area (Å²) in [7, 11) is 0. The van der Waals surface area contributed by atoms with Crippen LogP contribution in [0.15, 0.2) is 95.2 Å². The fraction of sp³-hybridized carbons (Fsp3) is 0.152. The third-order valence-corrected chi connectivity index (χ3v) is 9.15. The number of carbonyl (C=O) groups is 2. The number of hydrogen-bond acceptors (Lipinski definition) is 8. The molecule has 0 aliphatic heterocycles. The van der Waals surface area contributed by atoms with Gasteiger partial charge in [0, 0.05) is 5.41 Å². The van der Waals surface area contributed by atoms with Crippen LogP contribution in [-0.2, 0) is 15.0 Å². The number of carbonyl (C=O) groups excluding carboxylic acids is 2. The first-order chi connectivity index (χ1) is 21.7. The average molecular weight is 639 g/mol. The molecule has 0 saturated carbocycles. The first-order valence-corrected chi connectivity index (χ1v) is 16.0. The predicted molar refractivity (Wildman–Crippen MR) is 179 cm³/mol. The van der Waals surface area contributed by atoms with Gasteiger partial charge in [-0.2, -0.15) is 0 Å². The van der Waals surface area contributed by atoms with E-state index in [4.69, 9.17) is 0 Å². The van der Waals surface area contributed by atoms with E-state index in [1.807, 2.05) is 74.5 Å². The van der Waals surface area contributed by atoms with Gasteiger partial charge in [0.2, 0.25) is 11.8 Å². The number of para-hydroxylation sites is 4. The minimum Gasteiger partial charge on any atom is -0.506 e. The van der Waals surface area contributed by atoms with Crippen LogP contribution < -0.4 is 10.6 Å². The minimum atomic E-state index is -0.617. The molecule has 228 valence electrons. The van der Waals surface area contributed by atoms with E-state index in [0.717, 1.165) is 33.2 Å². The van der Waals surface area contributed by atoms with Crippen LogP contribution in [0.5, 0.6) is 11.5 Å². The zero-order chi connectivity index (χ0) is 31.6. The Bertz CT molecular complexity index is 1830. The molecule has 2 heterocycles. The quantitative estimate of drug-likeness (QED) is 0.0721. The molecule has 0 unspecified atom stereocenters. The number of rotatable bonds is 10. The predicted octanol–water partition coefficient (Wildman–Crippen LogP) is 6.64. The van der Waals surface area contributed by atoms with Crippen molar-refractivity contribution in [3.8, 4) is 11.5 Å². The van der Waals surface area contributed by atoms with Crippen LogP contribution in [0.2, 0.25) is 0 Å². The molecule has 6 rings (SSSR count). The number of amides is 2. The highest BCUT2D eigenvalue weighted by molar-refractivity contribution is 8.00. The molecule has 0 fully saturated rings. The van der Waals surface area contributed by atoms with E-state index >= 15 is 0 Å². The average Bonchev–Trinajstić information content (AvgIpc) is 3.64. The summed E-state index contributed by atoms with van der Waals surface area (Å²) in [6.45, 7) is 3.92. The molecular formula is C33H30N6O4S2. The van der Waals surface area contributed by atoms with E-state index in [1.165, 1.54) is 23.5 Å². The third kappa shape index (κ3) is 6.76. The minimum absolute atomic E-state index is 0.0716. The van der Waals surface area contributed by atoms with Gasteiger partial charge in [-0.05, 0) is 59.7 Å². The SMILES string of the molecule is CC(C)(c1ccc(NC(=O)CSc2nc3ccccc3[nH]2)c(O)c1)c1ccc(NC(=O)CSc2nc3ccccc3[nH]2)c(O)c1. The number of benzene rings is 4. The van der Waals surface area contributed by atoms with Crippen molar-refractivity contribution < 1.29 is 19.8 Å². The van der Waals surface area contributed by atoms with Crippen LogP contribution >= 0.6 is 23.5 Å². The second-order valence-corrected chi connectivity index (χ2v) is 12.8. The van der Waals surface area contributed by atoms with Crippen LogP contribution in [0.4, 0.5) is 11.4 Å². The zero-order valence-corrected chi connectivity index (χ0v) is 26.1. The van der Waals surface area contributed by atoms with Crippen molar-refractivity contribution >= 4 is 68.8 Å². The number of imidazole rings is 2. The molecule has 10 nitrogen and oxygen atoms in total. The normalized spacial score (nSPS) is 11.6. The van der Waals surface area contributed by atoms with Gasteiger partial charge in [0.1, 0.15) is 11.5 Å². The fourth-order valence-electron chi connectivity index (χ4n) is 4.85. The molecule has 0 spiro atoms. The number of phenolic OH excluding ortho intramolecular Hbond substituents is 2. The van der Waals surface area contributed by atoms with E-state index < -0.39 is 5.41 Å². The van der Waals surface area contributed by atoms with Crippen molar-refractivity contribution in [2.75, 3.05) is 22.1 Å². The monoisotopic (exact) mass is 638 g/mol. The molecule has 0 bridgehead atoms. The maximum absolute atomic E-state index is 12.6. The van der Waals surface area contributed by atoms with Crippen molar-refractivity contribution in [1.82, 2.24) is 19.9 Å². The summed E-state index contributed by atoms with van der Waals surface area (Å²) in [5, 5.41) is 28.3. The smallest absolute Gasteiger partial charge is 0.234 e. The van der Waals surface area contributed by atoms with Crippen LogP contribution in [0.1, 0.15) is 25.0 Å². The lowest BCUT2D eigenvalue weighted by Crippen LogP contribution is -2.20. The Kier molecular flexibility index (Phi) is 8.42. The Morgan fingerprint density at radius 3 is 1.51 bits per heavy atom. The van der Waals surface area contributed by atoms with Gasteiger partial charge >= 0.3 is 0 Å². The molecule has 12 heteroatoms. The van der Waals surface area contributed by atoms with Gasteiger partial charge in [0.25, 0.3) is 0 Å². The number of phenols is 2. The van der Waals surface area contributed by atoms with Gasteiger partial charge in [0.15, 0.2) is 10.3 Å². The Balaban J connectivity index is 1.06. The van der Waals surface area contributed by atoms with Gasteiger partial charge in [-0.1, -0.05) is 73.8 Å². The number of aromatic amines is 2. The Morgan fingerprint density at radius 2 is 1.11 bits per heavy atom. The van der Waals surface area contributed by atoms with Gasteiger partial charge < -0.3 is 30.8 Å². The van der Waals surface area contributed by atoms with Crippen molar-refractivity contribution in [2.45, 2.75) is 29.6 Å². The van der Waals surface area contributed by atoms with E-state index in [-0.39, 0.29) is 34.8 Å². The first kappa shape index (κ1) is 30.1. The van der Waals surface area contributed by atoms with Gasteiger partial charge in [-0.15, -0.1) is 0 Å². The summed E-state index contributed by atoms with van der Waals surface area (Å²) in [5.74, 6) is -0.460. The Labute approximate surface area is 267 Å². The second-order valence-electron chi connectivity index (χ2n) is 10.9. The van der Waals surface area contributed by atoms with Crippen LogP contribution in [0.3, 0.4) is 0 Å². The van der Waals surface area contributed by atoms with Crippen molar-refractivity contribution in [2.24, 2.45) is 0 Å². The maximum Gasteiger partial charge on any atom is 0.234 e. The molecular weight excluding hydrogens is 609 g/mol. The summed E-state index contributed by atoms with van der Waals surface area (Å²) >= 11 is 2.55. The van der Waals surface area contributed by atoms with E-state index in [2.05, 4.69) is 30.6 Å². The number of hydrogen-bond donors (Lipinski definition) is 6. The number of aromatic hydroxyl groups is 2. The molecule has 0 radical (unpaired) electrons. The lowest BCUT2D eigenvalue weighted by Gasteiger charge is -2.27. The fourth-order valence-corrected chi connectivity index (χ4v) is 6.22. The lowest BCUT2D eigenvalue weighted by molar-refractivity contribution is -0.114. The largest absolute Gasteiger partial charge is 0.506 e. The number of anilines is 2. The van der Waals surface area contributed by atoms with Gasteiger partial charge in [-0.25, -0.2) is 9.97 Å². The molecule has 0 aliphatic carbocycles. The summed E-state index contributed by atoms with van der Waals surface area (Å²) in [6.07, 6.45) is 0. The Morgan fingerprint density at radius 1 is 0.689 bits per heavy atom. The number of aromatic nitrogens is 4. The van der Waals surface area contributed by atoms with Gasteiger partial charge in [0.05, 0.1) is 44.9 Å². The van der Waals surface area contributed by atoms with E-state index in [9.17, 15) is 19.8 Å². The zero-order valence-electron chi connectivity index (χ0n) is 24.4. The van der Waals surface area contributed by atoms with Crippen molar-refractivity contribution in [3.63, 3.8) is 0 Å². The number of H-pyrrole nitrogens is 2. The van der Waals surface area contributed by atoms with Crippen LogP contribution in [0, 0.1) is 0 Å². The molecule has 4 aromatic carbocycles. The van der Waals surface area contributed by atoms with Crippen molar-refractivity contribution in [1.29, 1.82) is 0 Å². The molecule has 0 aliphatic rings. The Hall–Kier alpha value is -4.94. The molecule has 2 amide bonds. The second kappa shape index (κ2) is 12.6. The summed E-state index contributed by atoms with van der Waals surface area (Å²) in [5.41, 5.74) is 4.99. The molecule has 0 atom stereocenters. The lowest BCUT2D eigenvalue weighted by atomic mass is 9.78. The van der Waals surface area contributed by atoms with Crippen molar-refractivity contribution in [3.05, 3.63) is 96.1 Å². The number of nitrogens with zero attached hydrogens (tertiary/aromatic N) is 2. The summed E-state index contributed by atoms with van der Waals surface area (Å²) in [4.78, 5) is 40.5. The number of thioether (sulfide) groups is 2. The highest BCUT2D eigenvalue weighted by Crippen LogP contribution is 2.38. The van der Waals surface area contributed by atoms with Crippen LogP contribution in [0.25, 0.3) is 22.1 Å². The van der Waals surface area contributed by atoms with E-state index in [0.29, 0.717) is 21.7 Å². The highest BCUT2D eigenvalue weighted by atomic mass is 32.2. The molecule has 45 heavy (non-hydrogen) atoms. The topological polar surface area (TPSA) is 156 Å². The molecule has 6 N–H and O–H groups in total.